The van der Waals surface area contributed by atoms with Crippen LogP contribution in [0.25, 0.3) is 5.69 Å². The van der Waals surface area contributed by atoms with Gasteiger partial charge in [0.25, 0.3) is 5.91 Å². The maximum Gasteiger partial charge on any atom is 0.330 e. The first-order valence-electron chi connectivity index (χ1n) is 9.57. The summed E-state index contributed by atoms with van der Waals surface area (Å²) in [5.74, 6) is -1.40. The van der Waals surface area contributed by atoms with Gasteiger partial charge in [0, 0.05) is 35.5 Å². The molecule has 6 heteroatoms. The number of para-hydroxylation sites is 1. The smallest absolute Gasteiger partial charge is 0.330 e. The highest BCUT2D eigenvalue weighted by molar-refractivity contribution is 6.00. The highest BCUT2D eigenvalue weighted by atomic mass is 16.5. The molecule has 0 radical (unpaired) electrons. The molecule has 1 aliphatic carbocycles. The van der Waals surface area contributed by atoms with E-state index in [4.69, 9.17) is 4.74 Å². The van der Waals surface area contributed by atoms with Crippen molar-refractivity contribution in [2.75, 3.05) is 6.61 Å². The Morgan fingerprint density at radius 3 is 2.43 bits per heavy atom. The van der Waals surface area contributed by atoms with Gasteiger partial charge in [-0.15, -0.1) is 0 Å². The number of ether oxygens (including phenoxy) is 1. The average molecular weight is 384 g/mol. The first-order valence-corrected chi connectivity index (χ1v) is 9.57. The minimum absolute atomic E-state index is 0.203. The molecule has 0 spiro atoms. The van der Waals surface area contributed by atoms with Crippen LogP contribution in [0.4, 0.5) is 0 Å². The first kappa shape index (κ1) is 20.1. The van der Waals surface area contributed by atoms with E-state index in [0.717, 1.165) is 17.1 Å². The lowest BCUT2D eigenvalue weighted by atomic mass is 9.54. The predicted molar refractivity (Wildman–Crippen MR) is 107 cm³/mol. The van der Waals surface area contributed by atoms with Crippen molar-refractivity contribution in [1.29, 1.82) is 0 Å². The summed E-state index contributed by atoms with van der Waals surface area (Å²) < 4.78 is 7.67. The van der Waals surface area contributed by atoms with Crippen molar-refractivity contribution >= 4 is 11.9 Å². The third-order valence-electron chi connectivity index (χ3n) is 6.15. The van der Waals surface area contributed by atoms with E-state index in [-0.39, 0.29) is 18.4 Å². The number of aryl methyl sites for hydroxylation is 1. The molecule has 0 saturated heterocycles. The quantitative estimate of drug-likeness (QED) is 0.799. The third-order valence-corrected chi connectivity index (χ3v) is 6.15. The van der Waals surface area contributed by atoms with Gasteiger partial charge in [-0.25, -0.2) is 4.79 Å². The van der Waals surface area contributed by atoms with Gasteiger partial charge in [-0.2, -0.15) is 0 Å². The molecule has 2 unspecified atom stereocenters. The SMILES string of the molecule is CCOC1CC(NC(=O)c2cc(C)n(-c3ccccc3)c2C)(C(=O)O)C1(C)C. The number of aromatic nitrogens is 1. The highest BCUT2D eigenvalue weighted by Gasteiger charge is 2.66. The van der Waals surface area contributed by atoms with E-state index in [0.29, 0.717) is 12.2 Å². The lowest BCUT2D eigenvalue weighted by Gasteiger charge is -2.58. The molecule has 1 aliphatic rings. The number of amides is 1. The zero-order valence-corrected chi connectivity index (χ0v) is 17.1. The van der Waals surface area contributed by atoms with Crippen LogP contribution < -0.4 is 5.32 Å². The summed E-state index contributed by atoms with van der Waals surface area (Å²) in [6, 6.07) is 11.6. The Morgan fingerprint density at radius 2 is 1.89 bits per heavy atom. The monoisotopic (exact) mass is 384 g/mol. The molecule has 150 valence electrons. The van der Waals surface area contributed by atoms with E-state index in [1.165, 1.54) is 0 Å². The second-order valence-corrected chi connectivity index (χ2v) is 7.99. The van der Waals surface area contributed by atoms with Crippen molar-refractivity contribution in [2.45, 2.75) is 52.7 Å². The van der Waals surface area contributed by atoms with Gasteiger partial charge in [0.15, 0.2) is 0 Å². The van der Waals surface area contributed by atoms with Gasteiger partial charge in [0.2, 0.25) is 0 Å². The molecule has 1 aromatic heterocycles. The Balaban J connectivity index is 1.92. The van der Waals surface area contributed by atoms with Crippen LogP contribution in [0, 0.1) is 19.3 Å². The summed E-state index contributed by atoms with van der Waals surface area (Å²) in [7, 11) is 0. The van der Waals surface area contributed by atoms with Gasteiger partial charge in [-0.05, 0) is 39.0 Å². The largest absolute Gasteiger partial charge is 0.479 e. The van der Waals surface area contributed by atoms with Crippen LogP contribution in [-0.4, -0.2) is 39.8 Å². The van der Waals surface area contributed by atoms with Gasteiger partial charge in [-0.1, -0.05) is 32.0 Å². The Morgan fingerprint density at radius 1 is 1.25 bits per heavy atom. The van der Waals surface area contributed by atoms with Crippen molar-refractivity contribution in [2.24, 2.45) is 5.41 Å². The lowest BCUT2D eigenvalue weighted by Crippen LogP contribution is -2.76. The fourth-order valence-corrected chi connectivity index (χ4v) is 4.27. The molecule has 0 bridgehead atoms. The number of carboxylic acid groups (broad SMARTS) is 1. The van der Waals surface area contributed by atoms with E-state index >= 15 is 0 Å². The van der Waals surface area contributed by atoms with Crippen molar-refractivity contribution in [3.8, 4) is 5.69 Å². The van der Waals surface area contributed by atoms with Crippen molar-refractivity contribution in [1.82, 2.24) is 9.88 Å². The van der Waals surface area contributed by atoms with Gasteiger partial charge < -0.3 is 19.7 Å². The van der Waals surface area contributed by atoms with Crippen LogP contribution in [-0.2, 0) is 9.53 Å². The second kappa shape index (κ2) is 7.09. The number of carbonyl (C=O) groups is 2. The fraction of sp³-hybridized carbons (Fsp3) is 0.455. The molecule has 3 rings (SSSR count). The molecule has 2 N–H and O–H groups in total. The van der Waals surface area contributed by atoms with Gasteiger partial charge >= 0.3 is 5.97 Å². The maximum atomic E-state index is 13.1. The van der Waals surface area contributed by atoms with Crippen LogP contribution in [0.1, 0.15) is 48.9 Å². The van der Waals surface area contributed by atoms with E-state index in [1.807, 2.05) is 69.5 Å². The number of carbonyl (C=O) groups excluding carboxylic acids is 1. The minimum Gasteiger partial charge on any atom is -0.479 e. The Kier molecular flexibility index (Phi) is 5.10. The van der Waals surface area contributed by atoms with E-state index in [1.54, 1.807) is 6.07 Å². The maximum absolute atomic E-state index is 13.1. The lowest BCUT2D eigenvalue weighted by molar-refractivity contribution is -0.190. The van der Waals surface area contributed by atoms with Crippen LogP contribution in [0.3, 0.4) is 0 Å². The van der Waals surface area contributed by atoms with Crippen LogP contribution in [0.5, 0.6) is 0 Å². The van der Waals surface area contributed by atoms with E-state index in [2.05, 4.69) is 5.32 Å². The normalized spacial score (nSPS) is 23.1. The van der Waals surface area contributed by atoms with E-state index in [9.17, 15) is 14.7 Å². The Hall–Kier alpha value is -2.60. The number of benzene rings is 1. The third kappa shape index (κ3) is 2.92. The summed E-state index contributed by atoms with van der Waals surface area (Å²) >= 11 is 0. The number of nitrogens with one attached hydrogen (secondary N) is 1. The second-order valence-electron chi connectivity index (χ2n) is 7.99. The van der Waals surface area contributed by atoms with Gasteiger partial charge in [0.05, 0.1) is 11.7 Å². The molecule has 2 atom stereocenters. The van der Waals surface area contributed by atoms with Gasteiger partial charge in [0.1, 0.15) is 5.54 Å². The van der Waals surface area contributed by atoms with Crippen molar-refractivity contribution < 1.29 is 19.4 Å². The molecular formula is C22H28N2O4. The Labute approximate surface area is 165 Å². The van der Waals surface area contributed by atoms with Crippen LogP contribution in [0.15, 0.2) is 36.4 Å². The molecule has 28 heavy (non-hydrogen) atoms. The highest BCUT2D eigenvalue weighted by Crippen LogP contribution is 2.51. The molecule has 0 aliphatic heterocycles. The number of carboxylic acids is 1. The van der Waals surface area contributed by atoms with Crippen LogP contribution >= 0.6 is 0 Å². The summed E-state index contributed by atoms with van der Waals surface area (Å²) in [5.41, 5.74) is 1.08. The molecule has 1 aromatic carbocycles. The van der Waals surface area contributed by atoms with Crippen LogP contribution in [0.2, 0.25) is 0 Å². The summed E-state index contributed by atoms with van der Waals surface area (Å²) in [4.78, 5) is 25.2. The average Bonchev–Trinajstić information content (AvgIpc) is 2.95. The number of nitrogens with zero attached hydrogens (tertiary/aromatic N) is 1. The molecule has 1 heterocycles. The number of hydrogen-bond acceptors (Lipinski definition) is 3. The molecular weight excluding hydrogens is 356 g/mol. The number of hydrogen-bond donors (Lipinski definition) is 2. The molecule has 1 saturated carbocycles. The zero-order chi connectivity index (χ0) is 20.7. The number of aliphatic carboxylic acids is 1. The van der Waals surface area contributed by atoms with Gasteiger partial charge in [-0.3, -0.25) is 4.79 Å². The summed E-state index contributed by atoms with van der Waals surface area (Å²) in [5, 5.41) is 12.8. The van der Waals surface area contributed by atoms with Crippen molar-refractivity contribution in [3.05, 3.63) is 53.3 Å². The first-order chi connectivity index (χ1) is 13.2. The zero-order valence-electron chi connectivity index (χ0n) is 17.1. The molecule has 6 nitrogen and oxygen atoms in total. The van der Waals surface area contributed by atoms with E-state index < -0.39 is 16.9 Å². The molecule has 2 aromatic rings. The summed E-state index contributed by atoms with van der Waals surface area (Å²) in [6.45, 7) is 9.86. The van der Waals surface area contributed by atoms with Crippen molar-refractivity contribution in [3.63, 3.8) is 0 Å². The predicted octanol–water partition coefficient (Wildman–Crippen LogP) is 3.48. The minimum atomic E-state index is -1.35. The fourth-order valence-electron chi connectivity index (χ4n) is 4.27. The molecule has 1 fully saturated rings. The standard InChI is InChI=1S/C22H28N2O4/c1-6-28-18-13-22(20(26)27,21(18,4)5)23-19(25)17-12-14(2)24(15(17)3)16-10-8-7-9-11-16/h7-12,18H,6,13H2,1-5H3,(H,23,25)(H,26,27). The topological polar surface area (TPSA) is 80.6 Å². The summed E-state index contributed by atoms with van der Waals surface area (Å²) in [6.07, 6.45) is 0.0532. The molecule has 1 amide bonds. The number of rotatable bonds is 6. The Bertz CT molecular complexity index is 901.